The van der Waals surface area contributed by atoms with Crippen molar-refractivity contribution in [2.75, 3.05) is 11.4 Å². The van der Waals surface area contributed by atoms with Gasteiger partial charge in [-0.15, -0.1) is 0 Å². The van der Waals surface area contributed by atoms with Crippen LogP contribution in [0.25, 0.3) is 22.0 Å². The molecule has 0 bridgehead atoms. The van der Waals surface area contributed by atoms with Gasteiger partial charge in [-0.25, -0.2) is 22.9 Å². The van der Waals surface area contributed by atoms with Crippen LogP contribution in [-0.2, 0) is 11.3 Å². The molecule has 14 heteroatoms. The van der Waals surface area contributed by atoms with E-state index in [4.69, 9.17) is 21.4 Å². The average molecular weight is 512 g/mol. The van der Waals surface area contributed by atoms with Crippen molar-refractivity contribution in [2.45, 2.75) is 0 Å². The van der Waals surface area contributed by atoms with Crippen molar-refractivity contribution in [3.8, 4) is 17.0 Å². The van der Waals surface area contributed by atoms with Gasteiger partial charge in [0.2, 0.25) is 5.88 Å². The molecule has 0 saturated heterocycles. The van der Waals surface area contributed by atoms with Crippen LogP contribution < -0.4 is 9.04 Å². The van der Waals surface area contributed by atoms with Gasteiger partial charge in [0.1, 0.15) is 17.0 Å². The molecule has 0 aliphatic heterocycles. The fraction of sp³-hybridized carbons (Fsp3) is 0.0500. The standard InChI is InChI=1S/C20H12ClF3N4O5S/c1-33-19-13(6-8(21)7-25-19)28(34(31)32)12-5-4-11(22)14(16(12)24)9-2-3-10-17(15(9)23)26-27-18(10)20(29)30/h2-7H,1H3,(H,26,27)(H,29,30)(H,31,32)/p-1. The van der Waals surface area contributed by atoms with E-state index in [0.717, 1.165) is 30.3 Å². The molecule has 4 rings (SSSR count). The minimum absolute atomic E-state index is 0.00161. The van der Waals surface area contributed by atoms with Gasteiger partial charge in [0.05, 0.1) is 34.6 Å². The zero-order valence-corrected chi connectivity index (χ0v) is 18.4. The number of halogens is 4. The number of nitrogens with zero attached hydrogens (tertiary/aromatic N) is 3. The summed E-state index contributed by atoms with van der Waals surface area (Å²) in [5.74, 6) is -5.50. The van der Waals surface area contributed by atoms with Gasteiger partial charge >= 0.3 is 5.97 Å². The Balaban J connectivity index is 1.96. The Morgan fingerprint density at radius 2 is 1.94 bits per heavy atom. The molecule has 2 heterocycles. The minimum atomic E-state index is -3.17. The first kappa shape index (κ1) is 23.5. The van der Waals surface area contributed by atoms with E-state index in [1.165, 1.54) is 13.3 Å². The lowest BCUT2D eigenvalue weighted by molar-refractivity contribution is 0.0692. The van der Waals surface area contributed by atoms with Crippen LogP contribution in [0.2, 0.25) is 5.02 Å². The molecule has 0 aliphatic carbocycles. The zero-order valence-electron chi connectivity index (χ0n) is 16.8. The second-order valence-electron chi connectivity index (χ2n) is 6.68. The number of pyridine rings is 1. The van der Waals surface area contributed by atoms with Gasteiger partial charge in [0, 0.05) is 17.1 Å². The third-order valence-electron chi connectivity index (χ3n) is 4.80. The molecule has 1 atom stereocenters. The summed E-state index contributed by atoms with van der Waals surface area (Å²) in [6.45, 7) is 0. The summed E-state index contributed by atoms with van der Waals surface area (Å²) >= 11 is 2.73. The van der Waals surface area contributed by atoms with Crippen molar-refractivity contribution >= 4 is 51.1 Å². The lowest BCUT2D eigenvalue weighted by atomic mass is 10.0. The second kappa shape index (κ2) is 8.93. The second-order valence-corrected chi connectivity index (χ2v) is 7.91. The molecule has 2 aromatic carbocycles. The van der Waals surface area contributed by atoms with E-state index < -0.39 is 62.7 Å². The molecule has 0 amide bonds. The molecule has 34 heavy (non-hydrogen) atoms. The molecular weight excluding hydrogens is 501 g/mol. The van der Waals surface area contributed by atoms with Gasteiger partial charge in [0.15, 0.2) is 17.3 Å². The van der Waals surface area contributed by atoms with Gasteiger partial charge in [-0.1, -0.05) is 17.7 Å². The van der Waals surface area contributed by atoms with Crippen LogP contribution in [0.5, 0.6) is 5.88 Å². The molecule has 0 fully saturated rings. The Labute approximate surface area is 196 Å². The summed E-state index contributed by atoms with van der Waals surface area (Å²) < 4.78 is 75.1. The van der Waals surface area contributed by atoms with Crippen molar-refractivity contribution < 1.29 is 36.6 Å². The Bertz CT molecular complexity index is 1480. The van der Waals surface area contributed by atoms with Crippen molar-refractivity contribution in [3.63, 3.8) is 0 Å². The molecule has 0 spiro atoms. The smallest absolute Gasteiger partial charge is 0.354 e. The molecule has 2 N–H and O–H groups in total. The number of carbonyl (C=O) groups is 1. The maximum Gasteiger partial charge on any atom is 0.354 e. The van der Waals surface area contributed by atoms with Crippen LogP contribution in [-0.4, -0.2) is 42.1 Å². The van der Waals surface area contributed by atoms with Crippen molar-refractivity contribution in [2.24, 2.45) is 0 Å². The van der Waals surface area contributed by atoms with Gasteiger partial charge in [-0.05, 0) is 24.3 Å². The van der Waals surface area contributed by atoms with E-state index in [1.54, 1.807) is 0 Å². The van der Waals surface area contributed by atoms with E-state index in [-0.39, 0.29) is 22.0 Å². The molecule has 4 aromatic rings. The minimum Gasteiger partial charge on any atom is -0.755 e. The van der Waals surface area contributed by atoms with E-state index in [0.29, 0.717) is 4.31 Å². The first-order valence-corrected chi connectivity index (χ1v) is 10.5. The van der Waals surface area contributed by atoms with Crippen LogP contribution >= 0.6 is 11.6 Å². The molecule has 2 aromatic heterocycles. The summed E-state index contributed by atoms with van der Waals surface area (Å²) in [4.78, 5) is 15.1. The summed E-state index contributed by atoms with van der Waals surface area (Å²) in [6, 6.07) is 4.80. The number of carboxylic acids is 1. The summed E-state index contributed by atoms with van der Waals surface area (Å²) in [5, 5.41) is 14.8. The van der Waals surface area contributed by atoms with Crippen LogP contribution in [0.3, 0.4) is 0 Å². The van der Waals surface area contributed by atoms with Gasteiger partial charge in [-0.2, -0.15) is 5.10 Å². The fourth-order valence-corrected chi connectivity index (χ4v) is 4.10. The number of aromatic amines is 1. The number of rotatable bonds is 6. The SMILES string of the molecule is COc1ncc(Cl)cc1N(c1ccc(F)c(-c2ccc3c(C(=O)O)[nH]nc3c2F)c1F)S(=O)[O-]. The Hall–Kier alpha value is -3.68. The number of H-pyrrole nitrogens is 1. The van der Waals surface area contributed by atoms with E-state index in [1.807, 2.05) is 0 Å². The van der Waals surface area contributed by atoms with Gasteiger partial charge in [0.25, 0.3) is 0 Å². The third-order valence-corrected chi connectivity index (χ3v) is 5.70. The maximum absolute atomic E-state index is 15.6. The molecular formula is C20H11ClF3N4O5S-. The number of aromatic nitrogens is 3. The quantitative estimate of drug-likeness (QED) is 0.368. The first-order valence-electron chi connectivity index (χ1n) is 9.13. The first-order chi connectivity index (χ1) is 16.1. The number of anilines is 2. The van der Waals surface area contributed by atoms with Gasteiger partial charge < -0.3 is 14.4 Å². The van der Waals surface area contributed by atoms with Crippen molar-refractivity contribution in [1.29, 1.82) is 0 Å². The predicted octanol–water partition coefficient (Wildman–Crippen LogP) is 4.33. The number of hydrogen-bond acceptors (Lipinski definition) is 6. The number of aromatic carboxylic acids is 1. The van der Waals surface area contributed by atoms with Crippen LogP contribution in [0.15, 0.2) is 36.5 Å². The number of fused-ring (bicyclic) bond motifs is 1. The van der Waals surface area contributed by atoms with E-state index in [2.05, 4.69) is 15.2 Å². The number of nitrogens with one attached hydrogen (secondary N) is 1. The highest BCUT2D eigenvalue weighted by molar-refractivity contribution is 7.81. The number of hydrogen-bond donors (Lipinski definition) is 2. The number of carboxylic acid groups (broad SMARTS) is 1. The summed E-state index contributed by atoms with van der Waals surface area (Å²) in [6.07, 6.45) is 1.17. The average Bonchev–Trinajstić information content (AvgIpc) is 3.22. The lowest BCUT2D eigenvalue weighted by Gasteiger charge is -2.28. The van der Waals surface area contributed by atoms with Crippen molar-refractivity contribution in [3.05, 3.63) is 64.7 Å². The summed E-state index contributed by atoms with van der Waals surface area (Å²) in [5.41, 5.74) is -3.36. The fourth-order valence-electron chi connectivity index (χ4n) is 3.36. The highest BCUT2D eigenvalue weighted by atomic mass is 35.5. The zero-order chi connectivity index (χ0) is 24.7. The van der Waals surface area contributed by atoms with Crippen molar-refractivity contribution in [1.82, 2.24) is 15.2 Å². The number of ether oxygens (including phenoxy) is 1. The third kappa shape index (κ3) is 3.83. The highest BCUT2D eigenvalue weighted by Crippen LogP contribution is 2.41. The number of benzene rings is 2. The molecule has 0 radical (unpaired) electrons. The topological polar surface area (TPSA) is 131 Å². The van der Waals surface area contributed by atoms with E-state index in [9.17, 15) is 17.9 Å². The maximum atomic E-state index is 15.6. The van der Waals surface area contributed by atoms with Crippen LogP contribution in [0.4, 0.5) is 24.5 Å². The monoisotopic (exact) mass is 511 g/mol. The Morgan fingerprint density at radius 1 is 1.21 bits per heavy atom. The Kier molecular flexibility index (Phi) is 6.17. The largest absolute Gasteiger partial charge is 0.755 e. The van der Waals surface area contributed by atoms with Crippen LogP contribution in [0.1, 0.15) is 10.5 Å². The normalized spacial score (nSPS) is 12.1. The Morgan fingerprint density at radius 3 is 2.59 bits per heavy atom. The molecule has 0 saturated carbocycles. The summed E-state index contributed by atoms with van der Waals surface area (Å²) in [7, 11) is 1.19. The molecule has 1 unspecified atom stereocenters. The lowest BCUT2D eigenvalue weighted by Crippen LogP contribution is -2.22. The predicted molar refractivity (Wildman–Crippen MR) is 115 cm³/mol. The van der Waals surface area contributed by atoms with Gasteiger partial charge in [-0.3, -0.25) is 13.6 Å². The molecule has 176 valence electrons. The number of methoxy groups -OCH3 is 1. The van der Waals surface area contributed by atoms with Crippen LogP contribution in [0, 0.1) is 17.5 Å². The van der Waals surface area contributed by atoms with E-state index >= 15 is 8.78 Å². The molecule has 9 nitrogen and oxygen atoms in total. The molecule has 0 aliphatic rings. The highest BCUT2D eigenvalue weighted by Gasteiger charge is 2.27.